The van der Waals surface area contributed by atoms with Crippen LogP contribution in [0.25, 0.3) is 0 Å². The molecule has 0 aromatic carbocycles. The van der Waals surface area contributed by atoms with Gasteiger partial charge in [-0.05, 0) is 33.1 Å². The monoisotopic (exact) mass is 238 g/mol. The third-order valence-corrected chi connectivity index (χ3v) is 3.10. The first-order chi connectivity index (χ1) is 8.11. The second-order valence-corrected chi connectivity index (χ2v) is 5.28. The van der Waals surface area contributed by atoms with Crippen molar-refractivity contribution in [2.24, 2.45) is 0 Å². The summed E-state index contributed by atoms with van der Waals surface area (Å²) in [5.41, 5.74) is -0.0288. The first kappa shape index (κ1) is 12.4. The Morgan fingerprint density at radius 1 is 1.59 bits per heavy atom. The fourth-order valence-electron chi connectivity index (χ4n) is 2.31. The number of nitrogens with zero attached hydrogens (tertiary/aromatic N) is 3. The lowest BCUT2D eigenvalue weighted by molar-refractivity contribution is -0.0554. The summed E-state index contributed by atoms with van der Waals surface area (Å²) in [6, 6.07) is 0.452. The zero-order valence-electron chi connectivity index (χ0n) is 10.9. The van der Waals surface area contributed by atoms with Gasteiger partial charge in [0.1, 0.15) is 5.82 Å². The zero-order valence-corrected chi connectivity index (χ0v) is 10.9. The summed E-state index contributed by atoms with van der Waals surface area (Å²) in [5.74, 6) is 1.02. The first-order valence-electron chi connectivity index (χ1n) is 6.40. The maximum Gasteiger partial charge on any atom is 0.145 e. The van der Waals surface area contributed by atoms with Gasteiger partial charge < -0.3 is 10.1 Å². The van der Waals surface area contributed by atoms with Gasteiger partial charge in [-0.1, -0.05) is 12.1 Å². The van der Waals surface area contributed by atoms with Gasteiger partial charge in [-0.25, -0.2) is 4.68 Å². The molecule has 5 heteroatoms. The van der Waals surface area contributed by atoms with Gasteiger partial charge in [0, 0.05) is 19.2 Å². The molecule has 17 heavy (non-hydrogen) atoms. The second kappa shape index (κ2) is 5.04. The Morgan fingerprint density at radius 2 is 2.41 bits per heavy atom. The van der Waals surface area contributed by atoms with Crippen LogP contribution in [-0.2, 0) is 11.3 Å². The van der Waals surface area contributed by atoms with Crippen molar-refractivity contribution < 1.29 is 4.74 Å². The van der Waals surface area contributed by atoms with Crippen LogP contribution in [0.4, 0.5) is 5.82 Å². The van der Waals surface area contributed by atoms with Gasteiger partial charge in [0.15, 0.2) is 0 Å². The Morgan fingerprint density at radius 3 is 3.12 bits per heavy atom. The van der Waals surface area contributed by atoms with Gasteiger partial charge in [0.25, 0.3) is 0 Å². The SMILES string of the molecule is CCCn1nncc1NC1CCOC(C)(C)C1. The van der Waals surface area contributed by atoms with E-state index in [9.17, 15) is 0 Å². The number of hydrogen-bond acceptors (Lipinski definition) is 4. The Balaban J connectivity index is 1.98. The van der Waals surface area contributed by atoms with Crippen LogP contribution in [0.1, 0.15) is 40.0 Å². The van der Waals surface area contributed by atoms with Crippen molar-refractivity contribution in [2.75, 3.05) is 11.9 Å². The highest BCUT2D eigenvalue weighted by Crippen LogP contribution is 2.26. The Bertz CT molecular complexity index is 361. The normalized spacial score (nSPS) is 23.6. The molecule has 1 fully saturated rings. The van der Waals surface area contributed by atoms with Crippen LogP contribution in [0.15, 0.2) is 6.20 Å². The highest BCUT2D eigenvalue weighted by Gasteiger charge is 2.29. The Labute approximate surface area is 103 Å². The average molecular weight is 238 g/mol. The summed E-state index contributed by atoms with van der Waals surface area (Å²) in [5, 5.41) is 11.6. The van der Waals surface area contributed by atoms with E-state index in [0.29, 0.717) is 6.04 Å². The molecule has 2 rings (SSSR count). The molecule has 0 saturated carbocycles. The van der Waals surface area contributed by atoms with E-state index in [-0.39, 0.29) is 5.60 Å². The average Bonchev–Trinajstić information content (AvgIpc) is 2.65. The van der Waals surface area contributed by atoms with E-state index in [1.54, 1.807) is 6.20 Å². The molecule has 1 unspecified atom stereocenters. The van der Waals surface area contributed by atoms with E-state index in [4.69, 9.17) is 4.74 Å². The summed E-state index contributed by atoms with van der Waals surface area (Å²) in [4.78, 5) is 0. The molecule has 1 atom stereocenters. The number of ether oxygens (including phenoxy) is 1. The lowest BCUT2D eigenvalue weighted by Crippen LogP contribution is -2.40. The van der Waals surface area contributed by atoms with Crippen molar-refractivity contribution in [1.82, 2.24) is 15.0 Å². The predicted molar refractivity (Wildman–Crippen MR) is 67.0 cm³/mol. The van der Waals surface area contributed by atoms with Crippen molar-refractivity contribution >= 4 is 5.82 Å². The molecule has 2 heterocycles. The fraction of sp³-hybridized carbons (Fsp3) is 0.833. The van der Waals surface area contributed by atoms with E-state index in [2.05, 4.69) is 36.4 Å². The molecule has 1 aliphatic rings. The van der Waals surface area contributed by atoms with Gasteiger partial charge in [0.05, 0.1) is 11.8 Å². The van der Waals surface area contributed by atoms with Crippen LogP contribution in [0.2, 0.25) is 0 Å². The molecular formula is C12H22N4O. The standard InChI is InChI=1S/C12H22N4O/c1-4-6-16-11(9-13-15-16)14-10-5-7-17-12(2,3)8-10/h9-10,14H,4-8H2,1-3H3. The quantitative estimate of drug-likeness (QED) is 0.872. The van der Waals surface area contributed by atoms with Crippen LogP contribution in [-0.4, -0.2) is 33.2 Å². The highest BCUT2D eigenvalue weighted by molar-refractivity contribution is 5.32. The fourth-order valence-corrected chi connectivity index (χ4v) is 2.31. The summed E-state index contributed by atoms with van der Waals surface area (Å²) in [7, 11) is 0. The molecule has 0 radical (unpaired) electrons. The van der Waals surface area contributed by atoms with E-state index in [1.807, 2.05) is 4.68 Å². The van der Waals surface area contributed by atoms with Crippen molar-refractivity contribution in [3.05, 3.63) is 6.20 Å². The van der Waals surface area contributed by atoms with E-state index >= 15 is 0 Å². The van der Waals surface area contributed by atoms with Crippen molar-refractivity contribution in [3.8, 4) is 0 Å². The topological polar surface area (TPSA) is 52.0 Å². The molecule has 5 nitrogen and oxygen atoms in total. The van der Waals surface area contributed by atoms with Crippen LogP contribution in [0.3, 0.4) is 0 Å². The molecule has 1 aromatic rings. The molecule has 1 saturated heterocycles. The van der Waals surface area contributed by atoms with Gasteiger partial charge in [0.2, 0.25) is 0 Å². The molecular weight excluding hydrogens is 216 g/mol. The minimum absolute atomic E-state index is 0.0288. The molecule has 0 spiro atoms. The Kier molecular flexibility index (Phi) is 3.66. The molecule has 0 amide bonds. The highest BCUT2D eigenvalue weighted by atomic mass is 16.5. The molecule has 96 valence electrons. The first-order valence-corrected chi connectivity index (χ1v) is 6.40. The second-order valence-electron chi connectivity index (χ2n) is 5.28. The number of nitrogens with one attached hydrogen (secondary N) is 1. The number of rotatable bonds is 4. The zero-order chi connectivity index (χ0) is 12.3. The van der Waals surface area contributed by atoms with Crippen molar-refractivity contribution in [3.63, 3.8) is 0 Å². The minimum Gasteiger partial charge on any atom is -0.375 e. The minimum atomic E-state index is -0.0288. The van der Waals surface area contributed by atoms with Gasteiger partial charge in [-0.2, -0.15) is 0 Å². The van der Waals surface area contributed by atoms with Crippen LogP contribution >= 0.6 is 0 Å². The van der Waals surface area contributed by atoms with Crippen LogP contribution in [0, 0.1) is 0 Å². The third-order valence-electron chi connectivity index (χ3n) is 3.10. The van der Waals surface area contributed by atoms with Crippen LogP contribution in [0.5, 0.6) is 0 Å². The molecule has 1 aliphatic heterocycles. The van der Waals surface area contributed by atoms with E-state index < -0.39 is 0 Å². The molecule has 1 N–H and O–H groups in total. The maximum atomic E-state index is 5.71. The van der Waals surface area contributed by atoms with Crippen LogP contribution < -0.4 is 5.32 Å². The summed E-state index contributed by atoms with van der Waals surface area (Å²) < 4.78 is 7.65. The van der Waals surface area contributed by atoms with Gasteiger partial charge in [-0.3, -0.25) is 0 Å². The number of hydrogen-bond donors (Lipinski definition) is 1. The molecule has 1 aromatic heterocycles. The number of aromatic nitrogens is 3. The van der Waals surface area contributed by atoms with Gasteiger partial charge >= 0.3 is 0 Å². The number of aryl methyl sites for hydroxylation is 1. The lowest BCUT2D eigenvalue weighted by atomic mass is 9.94. The third kappa shape index (κ3) is 3.19. The summed E-state index contributed by atoms with van der Waals surface area (Å²) in [6.07, 6.45) is 4.93. The maximum absolute atomic E-state index is 5.71. The van der Waals surface area contributed by atoms with Crippen molar-refractivity contribution in [1.29, 1.82) is 0 Å². The lowest BCUT2D eigenvalue weighted by Gasteiger charge is -2.36. The predicted octanol–water partition coefficient (Wildman–Crippen LogP) is 2.06. The number of anilines is 1. The molecule has 0 aliphatic carbocycles. The Hall–Kier alpha value is -1.10. The van der Waals surface area contributed by atoms with Gasteiger partial charge in [-0.15, -0.1) is 5.10 Å². The summed E-state index contributed by atoms with van der Waals surface area (Å²) in [6.45, 7) is 8.16. The smallest absolute Gasteiger partial charge is 0.145 e. The molecule has 0 bridgehead atoms. The summed E-state index contributed by atoms with van der Waals surface area (Å²) >= 11 is 0. The van der Waals surface area contributed by atoms with Crippen molar-refractivity contribution in [2.45, 2.75) is 58.2 Å². The van der Waals surface area contributed by atoms with E-state index in [1.165, 1.54) is 0 Å². The largest absolute Gasteiger partial charge is 0.375 e. The van der Waals surface area contributed by atoms with E-state index in [0.717, 1.165) is 38.2 Å².